The van der Waals surface area contributed by atoms with Gasteiger partial charge in [0.15, 0.2) is 0 Å². The van der Waals surface area contributed by atoms with Crippen molar-refractivity contribution in [2.45, 2.75) is 18.9 Å². The molecule has 17 heavy (non-hydrogen) atoms. The zero-order valence-corrected chi connectivity index (χ0v) is 9.92. The summed E-state index contributed by atoms with van der Waals surface area (Å²) in [6.45, 7) is 0.966. The lowest BCUT2D eigenvalue weighted by Crippen LogP contribution is -2.39. The second-order valence-corrected chi connectivity index (χ2v) is 4.38. The van der Waals surface area contributed by atoms with E-state index >= 15 is 0 Å². The molecule has 0 radical (unpaired) electrons. The Labute approximate surface area is 98.9 Å². The lowest BCUT2D eigenvalue weighted by Gasteiger charge is -2.34. The average molecular weight is 240 g/mol. The van der Waals surface area contributed by atoms with Crippen molar-refractivity contribution in [1.29, 1.82) is 0 Å². The van der Waals surface area contributed by atoms with Gasteiger partial charge in [-0.1, -0.05) is 0 Å². The molecule has 0 saturated heterocycles. The number of rotatable bonds is 5. The summed E-state index contributed by atoms with van der Waals surface area (Å²) in [5.74, 6) is 0.657. The van der Waals surface area contributed by atoms with Crippen molar-refractivity contribution in [1.82, 2.24) is 14.9 Å². The number of nitro groups is 1. The molecule has 94 valence electrons. The Morgan fingerprint density at radius 2 is 2.41 bits per heavy atom. The van der Waals surface area contributed by atoms with Crippen LogP contribution >= 0.6 is 0 Å². The average Bonchev–Trinajstić information content (AvgIpc) is 2.57. The van der Waals surface area contributed by atoms with E-state index in [9.17, 15) is 10.1 Å². The summed E-state index contributed by atoms with van der Waals surface area (Å²) in [6, 6.07) is 0. The van der Waals surface area contributed by atoms with Gasteiger partial charge < -0.3 is 20.2 Å². The molecule has 0 atom stereocenters. The van der Waals surface area contributed by atoms with Crippen molar-refractivity contribution < 1.29 is 9.66 Å². The monoisotopic (exact) mass is 240 g/mol. The molecule has 0 bridgehead atoms. The third-order valence-electron chi connectivity index (χ3n) is 3.00. The largest absolute Gasteiger partial charge is 0.469 e. The molecule has 0 unspecified atom stereocenters. The van der Waals surface area contributed by atoms with Crippen LogP contribution in [0.2, 0.25) is 0 Å². The number of hydrogen-bond donors (Lipinski definition) is 1. The van der Waals surface area contributed by atoms with Crippen LogP contribution < -0.4 is 10.1 Å². The van der Waals surface area contributed by atoms with Gasteiger partial charge >= 0.3 is 5.82 Å². The molecule has 1 saturated carbocycles. The van der Waals surface area contributed by atoms with Crippen LogP contribution in [0.4, 0.5) is 5.82 Å². The predicted octanol–water partition coefficient (Wildman–Crippen LogP) is 0.705. The number of imidazole rings is 1. The Morgan fingerprint density at radius 3 is 3.00 bits per heavy atom. The molecule has 1 N–H and O–H groups in total. The van der Waals surface area contributed by atoms with Gasteiger partial charge in [-0.25, -0.2) is 0 Å². The molecule has 0 aliphatic heterocycles. The maximum atomic E-state index is 10.7. The van der Waals surface area contributed by atoms with Gasteiger partial charge in [0.2, 0.25) is 6.33 Å². The van der Waals surface area contributed by atoms with Gasteiger partial charge in [-0.3, -0.25) is 4.57 Å². The van der Waals surface area contributed by atoms with Crippen molar-refractivity contribution in [3.63, 3.8) is 0 Å². The highest BCUT2D eigenvalue weighted by molar-refractivity contribution is 5.33. The Balaban J connectivity index is 1.96. The molecule has 0 amide bonds. The molecule has 1 aliphatic carbocycles. The smallest absolute Gasteiger partial charge is 0.426 e. The molecule has 0 spiro atoms. The molecular weight excluding hydrogens is 224 g/mol. The van der Waals surface area contributed by atoms with Crippen LogP contribution in [0.5, 0.6) is 5.88 Å². The Bertz CT molecular complexity index is 412. The fourth-order valence-corrected chi connectivity index (χ4v) is 2.05. The first kappa shape index (κ1) is 11.8. The first-order valence-electron chi connectivity index (χ1n) is 5.58. The zero-order chi connectivity index (χ0) is 12.4. The SMILES string of the molecule is CNCC1CC(Oc2c([N+](=O)[O-])ncn2C)C1. The molecule has 1 fully saturated rings. The van der Waals surface area contributed by atoms with Gasteiger partial charge in [-0.05, 0) is 42.3 Å². The summed E-state index contributed by atoms with van der Waals surface area (Å²) >= 11 is 0. The van der Waals surface area contributed by atoms with Crippen LogP contribution in [-0.2, 0) is 7.05 Å². The van der Waals surface area contributed by atoms with E-state index < -0.39 is 4.92 Å². The first-order valence-corrected chi connectivity index (χ1v) is 5.58. The van der Waals surface area contributed by atoms with Crippen molar-refractivity contribution >= 4 is 5.82 Å². The molecular formula is C10H16N4O3. The number of nitrogens with zero attached hydrogens (tertiary/aromatic N) is 3. The van der Waals surface area contributed by atoms with Crippen molar-refractivity contribution in [2.24, 2.45) is 13.0 Å². The van der Waals surface area contributed by atoms with E-state index in [1.807, 2.05) is 7.05 Å². The molecule has 2 rings (SSSR count). The van der Waals surface area contributed by atoms with Gasteiger partial charge in [0.05, 0.1) is 0 Å². The van der Waals surface area contributed by atoms with Crippen molar-refractivity contribution in [2.75, 3.05) is 13.6 Å². The number of hydrogen-bond acceptors (Lipinski definition) is 5. The molecule has 1 heterocycles. The fraction of sp³-hybridized carbons (Fsp3) is 0.700. The Hall–Kier alpha value is -1.63. The maximum absolute atomic E-state index is 10.7. The van der Waals surface area contributed by atoms with Gasteiger partial charge in [0.1, 0.15) is 6.10 Å². The van der Waals surface area contributed by atoms with E-state index in [0.717, 1.165) is 19.4 Å². The van der Waals surface area contributed by atoms with Crippen LogP contribution in [0.15, 0.2) is 6.33 Å². The number of aryl methyl sites for hydroxylation is 1. The summed E-state index contributed by atoms with van der Waals surface area (Å²) in [5, 5.41) is 13.8. The number of ether oxygens (including phenoxy) is 1. The van der Waals surface area contributed by atoms with Crippen molar-refractivity contribution in [3.05, 3.63) is 16.4 Å². The number of aromatic nitrogens is 2. The highest BCUT2D eigenvalue weighted by Gasteiger charge is 2.33. The van der Waals surface area contributed by atoms with E-state index in [0.29, 0.717) is 5.92 Å². The normalized spacial score (nSPS) is 23.2. The molecule has 7 nitrogen and oxygen atoms in total. The van der Waals surface area contributed by atoms with Gasteiger partial charge in [0.25, 0.3) is 5.88 Å². The molecule has 1 aromatic heterocycles. The van der Waals surface area contributed by atoms with Crippen LogP contribution in [-0.4, -0.2) is 34.2 Å². The quantitative estimate of drug-likeness (QED) is 0.605. The molecule has 7 heteroatoms. The van der Waals surface area contributed by atoms with E-state index in [1.165, 1.54) is 6.33 Å². The van der Waals surface area contributed by atoms with Crippen LogP contribution in [0.1, 0.15) is 12.8 Å². The molecule has 1 aromatic rings. The number of nitrogens with one attached hydrogen (secondary N) is 1. The zero-order valence-electron chi connectivity index (χ0n) is 9.92. The van der Waals surface area contributed by atoms with E-state index in [1.54, 1.807) is 11.6 Å². The van der Waals surface area contributed by atoms with Crippen molar-refractivity contribution in [3.8, 4) is 5.88 Å². The van der Waals surface area contributed by atoms with Crippen LogP contribution in [0.25, 0.3) is 0 Å². The first-order chi connectivity index (χ1) is 8.11. The van der Waals surface area contributed by atoms with Gasteiger partial charge in [0, 0.05) is 7.05 Å². The third-order valence-corrected chi connectivity index (χ3v) is 3.00. The minimum atomic E-state index is -0.515. The minimum absolute atomic E-state index is 0.0717. The fourth-order valence-electron chi connectivity index (χ4n) is 2.05. The second-order valence-electron chi connectivity index (χ2n) is 4.38. The summed E-state index contributed by atoms with van der Waals surface area (Å²) in [4.78, 5) is 13.9. The second kappa shape index (κ2) is 4.70. The van der Waals surface area contributed by atoms with Crippen LogP contribution in [0.3, 0.4) is 0 Å². The summed E-state index contributed by atoms with van der Waals surface area (Å²) < 4.78 is 7.17. The van der Waals surface area contributed by atoms with E-state index in [-0.39, 0.29) is 17.8 Å². The van der Waals surface area contributed by atoms with Gasteiger partial charge in [-0.15, -0.1) is 0 Å². The minimum Gasteiger partial charge on any atom is -0.469 e. The topological polar surface area (TPSA) is 82.2 Å². The Kier molecular flexibility index (Phi) is 3.28. The highest BCUT2D eigenvalue weighted by atomic mass is 16.6. The van der Waals surface area contributed by atoms with Gasteiger partial charge in [-0.2, -0.15) is 0 Å². The third kappa shape index (κ3) is 2.38. The Morgan fingerprint density at radius 1 is 1.71 bits per heavy atom. The summed E-state index contributed by atoms with van der Waals surface area (Å²) in [6.07, 6.45) is 3.34. The highest BCUT2D eigenvalue weighted by Crippen LogP contribution is 2.33. The van der Waals surface area contributed by atoms with E-state index in [2.05, 4.69) is 10.3 Å². The summed E-state index contributed by atoms with van der Waals surface area (Å²) in [5.41, 5.74) is 0. The summed E-state index contributed by atoms with van der Waals surface area (Å²) in [7, 11) is 3.61. The molecule has 0 aromatic carbocycles. The van der Waals surface area contributed by atoms with Crippen LogP contribution in [0, 0.1) is 16.0 Å². The lowest BCUT2D eigenvalue weighted by atomic mass is 9.82. The lowest BCUT2D eigenvalue weighted by molar-refractivity contribution is -0.390. The molecule has 1 aliphatic rings. The maximum Gasteiger partial charge on any atom is 0.426 e. The standard InChI is InChI=1S/C10H16N4O3/c1-11-5-7-3-8(4-7)17-10-9(14(15)16)12-6-13(10)2/h6-8,11H,3-5H2,1-2H3. The predicted molar refractivity (Wildman–Crippen MR) is 60.9 cm³/mol. The van der Waals surface area contributed by atoms with E-state index in [4.69, 9.17) is 4.74 Å².